The van der Waals surface area contributed by atoms with Gasteiger partial charge in [-0.2, -0.15) is 0 Å². The van der Waals surface area contributed by atoms with Crippen LogP contribution in [0.15, 0.2) is 65.6 Å². The van der Waals surface area contributed by atoms with E-state index in [4.69, 9.17) is 4.74 Å². The Morgan fingerprint density at radius 3 is 2.10 bits per heavy atom. The molecule has 3 aromatic rings. The first-order chi connectivity index (χ1) is 19.0. The molecule has 39 heavy (non-hydrogen) atoms. The van der Waals surface area contributed by atoms with Crippen molar-refractivity contribution < 1.29 is 14.3 Å². The molecule has 1 aromatic heterocycles. The molecule has 0 radical (unpaired) electrons. The summed E-state index contributed by atoms with van der Waals surface area (Å²) in [6.45, 7) is 6.39. The number of carbonyl (C=O) groups excluding carboxylic acids is 2. The number of thiophene rings is 1. The lowest BCUT2D eigenvalue weighted by atomic mass is 10.0. The van der Waals surface area contributed by atoms with E-state index in [9.17, 15) is 9.59 Å². The fraction of sp³-hybridized carbons (Fsp3) is 0.471. The van der Waals surface area contributed by atoms with Gasteiger partial charge in [-0.1, -0.05) is 89.5 Å². The molecule has 0 spiro atoms. The Bertz CT molecular complexity index is 1130. The second-order valence-electron chi connectivity index (χ2n) is 10.4. The van der Waals surface area contributed by atoms with Gasteiger partial charge in [0.15, 0.2) is 0 Å². The van der Waals surface area contributed by atoms with Crippen molar-refractivity contribution in [2.24, 2.45) is 0 Å². The Balaban J connectivity index is 1.46. The van der Waals surface area contributed by atoms with Crippen LogP contribution in [0.4, 0.5) is 0 Å². The number of esters is 1. The minimum Gasteiger partial charge on any atom is -0.459 e. The van der Waals surface area contributed by atoms with E-state index in [1.54, 1.807) is 12.1 Å². The molecule has 1 unspecified atom stereocenters. The van der Waals surface area contributed by atoms with Crippen LogP contribution in [0.3, 0.4) is 0 Å². The van der Waals surface area contributed by atoms with Crippen LogP contribution in [0.1, 0.15) is 117 Å². The van der Waals surface area contributed by atoms with Crippen molar-refractivity contribution in [2.75, 3.05) is 0 Å². The van der Waals surface area contributed by atoms with Crippen molar-refractivity contribution in [1.29, 1.82) is 0 Å². The number of carbonyl (C=O) groups is 2. The maximum Gasteiger partial charge on any atom is 0.338 e. The second-order valence-corrected chi connectivity index (χ2v) is 12.5. The van der Waals surface area contributed by atoms with Crippen molar-refractivity contribution in [2.45, 2.75) is 109 Å². The van der Waals surface area contributed by atoms with Gasteiger partial charge in [-0.05, 0) is 91.9 Å². The summed E-state index contributed by atoms with van der Waals surface area (Å²) in [4.78, 5) is 28.0. The lowest BCUT2D eigenvalue weighted by Gasteiger charge is -2.13. The van der Waals surface area contributed by atoms with E-state index in [0.717, 1.165) is 39.5 Å². The topological polar surface area (TPSA) is 43.4 Å². The van der Waals surface area contributed by atoms with Gasteiger partial charge in [0.2, 0.25) is 5.12 Å². The van der Waals surface area contributed by atoms with Gasteiger partial charge in [0.25, 0.3) is 0 Å². The number of hydrogen-bond donors (Lipinski definition) is 0. The third-order valence-electron chi connectivity index (χ3n) is 6.94. The highest BCUT2D eigenvalue weighted by Crippen LogP contribution is 2.32. The fourth-order valence-corrected chi connectivity index (χ4v) is 6.28. The Labute approximate surface area is 243 Å². The molecule has 210 valence electrons. The number of benzene rings is 2. The molecule has 0 N–H and O–H groups in total. The summed E-state index contributed by atoms with van der Waals surface area (Å²) < 4.78 is 5.59. The molecule has 3 nitrogen and oxygen atoms in total. The molecular formula is C34H44O3S2. The highest BCUT2D eigenvalue weighted by Gasteiger charge is 2.15. The lowest BCUT2D eigenvalue weighted by molar-refractivity contribution is 0.0319. The summed E-state index contributed by atoms with van der Waals surface area (Å²) in [5.41, 5.74) is 3.05. The molecule has 0 amide bonds. The number of hydrogen-bond acceptors (Lipinski definition) is 5. The molecular weight excluding hydrogens is 521 g/mol. The zero-order chi connectivity index (χ0) is 27.9. The third kappa shape index (κ3) is 11.0. The summed E-state index contributed by atoms with van der Waals surface area (Å²) in [6, 6.07) is 19.9. The highest BCUT2D eigenvalue weighted by molar-refractivity contribution is 8.14. The monoisotopic (exact) mass is 564 g/mol. The minimum atomic E-state index is -0.304. The molecule has 0 aliphatic carbocycles. The van der Waals surface area contributed by atoms with E-state index >= 15 is 0 Å². The third-order valence-corrected chi connectivity index (χ3v) is 9.11. The predicted molar refractivity (Wildman–Crippen MR) is 167 cm³/mol. The molecule has 3 rings (SSSR count). The first-order valence-electron chi connectivity index (χ1n) is 14.7. The largest absolute Gasteiger partial charge is 0.459 e. The van der Waals surface area contributed by atoms with Gasteiger partial charge < -0.3 is 4.74 Å². The van der Waals surface area contributed by atoms with E-state index in [1.807, 2.05) is 31.2 Å². The average molecular weight is 565 g/mol. The maximum absolute atomic E-state index is 12.9. The van der Waals surface area contributed by atoms with Crippen LogP contribution in [0.25, 0.3) is 10.4 Å². The van der Waals surface area contributed by atoms with E-state index in [1.165, 1.54) is 86.4 Å². The summed E-state index contributed by atoms with van der Waals surface area (Å²) >= 11 is 2.72. The van der Waals surface area contributed by atoms with Crippen molar-refractivity contribution in [1.82, 2.24) is 0 Å². The van der Waals surface area contributed by atoms with Gasteiger partial charge in [-0.15, -0.1) is 11.3 Å². The van der Waals surface area contributed by atoms with Crippen molar-refractivity contribution in [3.8, 4) is 10.4 Å². The number of ether oxygens (including phenoxy) is 1. The van der Waals surface area contributed by atoms with Crippen LogP contribution in [0, 0.1) is 0 Å². The fourth-order valence-electron chi connectivity index (χ4n) is 4.53. The Morgan fingerprint density at radius 2 is 1.41 bits per heavy atom. The first kappa shape index (κ1) is 31.2. The van der Waals surface area contributed by atoms with Crippen molar-refractivity contribution in [3.63, 3.8) is 0 Å². The molecule has 0 saturated heterocycles. The Kier molecular flexibility index (Phi) is 13.9. The van der Waals surface area contributed by atoms with Crippen LogP contribution < -0.4 is 0 Å². The van der Waals surface area contributed by atoms with Gasteiger partial charge in [-0.3, -0.25) is 4.79 Å². The zero-order valence-corrected chi connectivity index (χ0v) is 25.5. The predicted octanol–water partition coefficient (Wildman–Crippen LogP) is 10.8. The maximum atomic E-state index is 12.9. The first-order valence-corrected chi connectivity index (χ1v) is 16.4. The van der Waals surface area contributed by atoms with Gasteiger partial charge in [0.1, 0.15) is 0 Å². The number of unbranched alkanes of at least 4 members (excludes halogenated alkanes) is 8. The molecule has 0 aliphatic rings. The van der Waals surface area contributed by atoms with Crippen molar-refractivity contribution in [3.05, 3.63) is 76.7 Å². The number of aryl methyl sites for hydroxylation is 1. The molecule has 1 heterocycles. The summed E-state index contributed by atoms with van der Waals surface area (Å²) in [7, 11) is 0. The molecule has 0 fully saturated rings. The summed E-state index contributed by atoms with van der Waals surface area (Å²) in [5, 5.41) is 0.0157. The van der Waals surface area contributed by atoms with Gasteiger partial charge in [0, 0.05) is 9.77 Å². The summed E-state index contributed by atoms with van der Waals surface area (Å²) in [6.07, 6.45) is 14.5. The zero-order valence-electron chi connectivity index (χ0n) is 23.9. The number of rotatable bonds is 17. The second kappa shape index (κ2) is 17.3. The standard InChI is InChI=1S/C34H44O3S2/c1-4-6-8-10-11-13-15-27-16-18-28(19-17-27)31-24-25-32(39-31)34(36)38-30-22-20-29(21-23-30)33(35)37-26(3)14-12-9-7-5-2/h16-26H,4-15H2,1-3H3. The Morgan fingerprint density at radius 1 is 0.769 bits per heavy atom. The molecule has 0 aliphatic heterocycles. The Hall–Kier alpha value is -2.37. The van der Waals surface area contributed by atoms with Crippen LogP contribution in [0.5, 0.6) is 0 Å². The smallest absolute Gasteiger partial charge is 0.338 e. The van der Waals surface area contributed by atoms with Crippen molar-refractivity contribution >= 4 is 34.2 Å². The van der Waals surface area contributed by atoms with Gasteiger partial charge in [-0.25, -0.2) is 4.79 Å². The SMILES string of the molecule is CCCCCCCCc1ccc(-c2ccc(C(=O)Sc3ccc(C(=O)OC(C)CCCCCC)cc3)s2)cc1. The number of thioether (sulfide) groups is 1. The van der Waals surface area contributed by atoms with Crippen LogP contribution in [-0.2, 0) is 11.2 Å². The molecule has 5 heteroatoms. The van der Waals surface area contributed by atoms with Crippen LogP contribution >= 0.6 is 23.1 Å². The van der Waals surface area contributed by atoms with E-state index < -0.39 is 0 Å². The molecule has 2 aromatic carbocycles. The molecule has 0 bridgehead atoms. The van der Waals surface area contributed by atoms with Crippen LogP contribution in [0.2, 0.25) is 0 Å². The summed E-state index contributed by atoms with van der Waals surface area (Å²) in [5.74, 6) is -0.304. The van der Waals surface area contributed by atoms with Gasteiger partial charge >= 0.3 is 5.97 Å². The van der Waals surface area contributed by atoms with E-state index in [-0.39, 0.29) is 17.2 Å². The minimum absolute atomic E-state index is 0.0157. The van der Waals surface area contributed by atoms with Crippen LogP contribution in [-0.4, -0.2) is 17.2 Å². The highest BCUT2D eigenvalue weighted by atomic mass is 32.2. The van der Waals surface area contributed by atoms with E-state index in [2.05, 4.69) is 38.1 Å². The van der Waals surface area contributed by atoms with E-state index in [0.29, 0.717) is 5.56 Å². The lowest BCUT2D eigenvalue weighted by Crippen LogP contribution is -2.15. The molecule has 1 atom stereocenters. The van der Waals surface area contributed by atoms with Gasteiger partial charge in [0.05, 0.1) is 16.5 Å². The quantitative estimate of drug-likeness (QED) is 0.0929. The normalized spacial score (nSPS) is 11.9. The average Bonchev–Trinajstić information content (AvgIpc) is 3.44. The molecule has 0 saturated carbocycles.